The Morgan fingerprint density at radius 3 is 0.813 bits per heavy atom. The molecule has 0 aliphatic carbocycles. The van der Waals surface area contributed by atoms with Crippen LogP contribution in [-0.2, 0) is 28.6 Å². The maximum atomic E-state index is 12.8. The Labute approximate surface area is 463 Å². The summed E-state index contributed by atoms with van der Waals surface area (Å²) < 4.78 is 16.8. The molecule has 75 heavy (non-hydrogen) atoms. The van der Waals surface area contributed by atoms with Gasteiger partial charge >= 0.3 is 17.9 Å². The SMILES string of the molecule is CC/C=C\C/C=C\C/C=C\C/C=C\C/C=C\C/C=C\C/C=C\C/C=C\C/C=C\CCCCCCCCCC(=O)OCC(COC(=O)CCCCCCCC)OC(=O)CCCCCCCCCCCCCCCCCC. The van der Waals surface area contributed by atoms with Crippen molar-refractivity contribution in [3.8, 4) is 0 Å². The van der Waals surface area contributed by atoms with Crippen molar-refractivity contribution < 1.29 is 28.6 Å². The van der Waals surface area contributed by atoms with E-state index >= 15 is 0 Å². The third-order valence-corrected chi connectivity index (χ3v) is 13.3. The van der Waals surface area contributed by atoms with Gasteiger partial charge in [-0.1, -0.05) is 291 Å². The molecule has 428 valence electrons. The molecule has 0 aromatic carbocycles. The van der Waals surface area contributed by atoms with Crippen molar-refractivity contribution in [2.24, 2.45) is 0 Å². The van der Waals surface area contributed by atoms with Crippen LogP contribution in [0.1, 0.15) is 290 Å². The van der Waals surface area contributed by atoms with Gasteiger partial charge < -0.3 is 14.2 Å². The predicted octanol–water partition coefficient (Wildman–Crippen LogP) is 21.4. The zero-order valence-electron chi connectivity index (χ0n) is 49.0. The molecule has 1 atom stereocenters. The van der Waals surface area contributed by atoms with Crippen molar-refractivity contribution in [1.82, 2.24) is 0 Å². The maximum absolute atomic E-state index is 12.8. The third kappa shape index (κ3) is 60.8. The van der Waals surface area contributed by atoms with Crippen molar-refractivity contribution >= 4 is 17.9 Å². The summed E-state index contributed by atoms with van der Waals surface area (Å²) in [6, 6.07) is 0. The van der Waals surface area contributed by atoms with Crippen LogP contribution >= 0.6 is 0 Å². The van der Waals surface area contributed by atoms with Crippen LogP contribution in [0.2, 0.25) is 0 Å². The van der Waals surface area contributed by atoms with Crippen molar-refractivity contribution in [2.45, 2.75) is 297 Å². The molecular formula is C69H116O6. The van der Waals surface area contributed by atoms with Crippen LogP contribution in [-0.4, -0.2) is 37.2 Å². The molecule has 6 nitrogen and oxygen atoms in total. The lowest BCUT2D eigenvalue weighted by Crippen LogP contribution is -2.30. The Hall–Kier alpha value is -3.93. The Balaban J connectivity index is 4.09. The van der Waals surface area contributed by atoms with E-state index in [4.69, 9.17) is 14.2 Å². The number of ether oxygens (including phenoxy) is 3. The lowest BCUT2D eigenvalue weighted by atomic mass is 10.0. The Kier molecular flexibility index (Phi) is 59.3. The van der Waals surface area contributed by atoms with E-state index in [9.17, 15) is 14.4 Å². The molecule has 0 aliphatic rings. The molecule has 6 heteroatoms. The van der Waals surface area contributed by atoms with E-state index in [1.54, 1.807) is 0 Å². The maximum Gasteiger partial charge on any atom is 0.306 e. The molecule has 0 saturated carbocycles. The molecule has 0 saturated heterocycles. The van der Waals surface area contributed by atoms with Gasteiger partial charge in [0.1, 0.15) is 13.2 Å². The highest BCUT2D eigenvalue weighted by atomic mass is 16.6. The molecular weight excluding hydrogens is 925 g/mol. The zero-order chi connectivity index (χ0) is 54.3. The lowest BCUT2D eigenvalue weighted by molar-refractivity contribution is -0.167. The van der Waals surface area contributed by atoms with Gasteiger partial charge in [-0.2, -0.15) is 0 Å². The summed E-state index contributed by atoms with van der Waals surface area (Å²) in [6.07, 6.45) is 85.6. The van der Waals surface area contributed by atoms with Gasteiger partial charge in [-0.25, -0.2) is 0 Å². The van der Waals surface area contributed by atoms with E-state index in [0.29, 0.717) is 19.3 Å². The second-order valence-corrected chi connectivity index (χ2v) is 20.6. The van der Waals surface area contributed by atoms with Crippen LogP contribution in [0.15, 0.2) is 109 Å². The van der Waals surface area contributed by atoms with E-state index in [1.807, 2.05) is 0 Å². The first-order valence-corrected chi connectivity index (χ1v) is 31.4. The highest BCUT2D eigenvalue weighted by molar-refractivity contribution is 5.71. The Bertz CT molecular complexity index is 1520. The highest BCUT2D eigenvalue weighted by Crippen LogP contribution is 2.16. The van der Waals surface area contributed by atoms with Crippen LogP contribution in [0.3, 0.4) is 0 Å². The summed E-state index contributed by atoms with van der Waals surface area (Å²) in [5.41, 5.74) is 0. The molecule has 0 spiro atoms. The molecule has 0 radical (unpaired) electrons. The Morgan fingerprint density at radius 1 is 0.280 bits per heavy atom. The van der Waals surface area contributed by atoms with E-state index in [-0.39, 0.29) is 31.1 Å². The lowest BCUT2D eigenvalue weighted by Gasteiger charge is -2.18. The van der Waals surface area contributed by atoms with E-state index < -0.39 is 6.10 Å². The first kappa shape index (κ1) is 71.1. The van der Waals surface area contributed by atoms with Gasteiger partial charge in [0.2, 0.25) is 0 Å². The fourth-order valence-electron chi connectivity index (χ4n) is 8.61. The van der Waals surface area contributed by atoms with Crippen LogP contribution < -0.4 is 0 Å². The number of carbonyl (C=O) groups is 3. The van der Waals surface area contributed by atoms with Gasteiger partial charge in [-0.3, -0.25) is 14.4 Å². The third-order valence-electron chi connectivity index (χ3n) is 13.3. The largest absolute Gasteiger partial charge is 0.462 e. The molecule has 0 aromatic rings. The molecule has 0 N–H and O–H groups in total. The van der Waals surface area contributed by atoms with Gasteiger partial charge in [-0.15, -0.1) is 0 Å². The van der Waals surface area contributed by atoms with Gasteiger partial charge in [-0.05, 0) is 89.9 Å². The molecule has 0 aliphatic heterocycles. The Morgan fingerprint density at radius 2 is 0.520 bits per heavy atom. The normalized spacial score (nSPS) is 12.8. The summed E-state index contributed by atoms with van der Waals surface area (Å²) in [6.45, 7) is 6.47. The average Bonchev–Trinajstić information content (AvgIpc) is 3.41. The van der Waals surface area contributed by atoms with Gasteiger partial charge in [0.15, 0.2) is 6.10 Å². The monoisotopic (exact) mass is 1040 g/mol. The second-order valence-electron chi connectivity index (χ2n) is 20.6. The number of esters is 3. The van der Waals surface area contributed by atoms with Crippen LogP contribution in [0.5, 0.6) is 0 Å². The number of hydrogen-bond donors (Lipinski definition) is 0. The van der Waals surface area contributed by atoms with Gasteiger partial charge in [0, 0.05) is 19.3 Å². The van der Waals surface area contributed by atoms with Crippen molar-refractivity contribution in [1.29, 1.82) is 0 Å². The molecule has 0 heterocycles. The van der Waals surface area contributed by atoms with E-state index in [0.717, 1.165) is 122 Å². The number of rotatable bonds is 56. The first-order chi connectivity index (χ1) is 37.0. The minimum Gasteiger partial charge on any atom is -0.462 e. The quantitative estimate of drug-likeness (QED) is 0.0261. The number of hydrogen-bond acceptors (Lipinski definition) is 6. The molecule has 0 rings (SSSR count). The van der Waals surface area contributed by atoms with Crippen LogP contribution in [0.4, 0.5) is 0 Å². The van der Waals surface area contributed by atoms with Crippen molar-refractivity contribution in [3.05, 3.63) is 109 Å². The number of unbranched alkanes of at least 4 members (excludes halogenated alkanes) is 27. The summed E-state index contributed by atoms with van der Waals surface area (Å²) in [4.78, 5) is 37.9. The fraction of sp³-hybridized carbons (Fsp3) is 0.696. The zero-order valence-corrected chi connectivity index (χ0v) is 49.0. The predicted molar refractivity (Wildman–Crippen MR) is 325 cm³/mol. The van der Waals surface area contributed by atoms with Gasteiger partial charge in [0.05, 0.1) is 0 Å². The van der Waals surface area contributed by atoms with E-state index in [2.05, 4.69) is 130 Å². The second kappa shape index (κ2) is 62.6. The minimum absolute atomic E-state index is 0.0788. The van der Waals surface area contributed by atoms with Crippen LogP contribution in [0.25, 0.3) is 0 Å². The summed E-state index contributed by atoms with van der Waals surface area (Å²) in [5, 5.41) is 0. The highest BCUT2D eigenvalue weighted by Gasteiger charge is 2.19. The molecule has 0 fully saturated rings. The molecule has 0 bridgehead atoms. The number of carbonyl (C=O) groups excluding carboxylic acids is 3. The van der Waals surface area contributed by atoms with E-state index in [1.165, 1.54) is 128 Å². The van der Waals surface area contributed by atoms with Crippen LogP contribution in [0, 0.1) is 0 Å². The molecule has 1 unspecified atom stereocenters. The van der Waals surface area contributed by atoms with Crippen molar-refractivity contribution in [3.63, 3.8) is 0 Å². The summed E-state index contributed by atoms with van der Waals surface area (Å²) in [7, 11) is 0. The summed E-state index contributed by atoms with van der Waals surface area (Å²) >= 11 is 0. The molecule has 0 amide bonds. The smallest absolute Gasteiger partial charge is 0.306 e. The number of allylic oxidation sites excluding steroid dienone is 18. The first-order valence-electron chi connectivity index (χ1n) is 31.4. The fourth-order valence-corrected chi connectivity index (χ4v) is 8.61. The van der Waals surface area contributed by atoms with Gasteiger partial charge in [0.25, 0.3) is 0 Å². The van der Waals surface area contributed by atoms with Crippen molar-refractivity contribution in [2.75, 3.05) is 13.2 Å². The average molecular weight is 1040 g/mol. The minimum atomic E-state index is -0.777. The molecule has 0 aromatic heterocycles. The standard InChI is InChI=1S/C69H116O6/c1-4-7-10-13-16-18-20-22-24-26-27-28-29-30-31-32-33-34-35-36-37-38-39-40-41-42-43-44-46-47-49-51-53-56-59-62-68(71)74-65-66(64-73-67(70)61-58-55-15-12-9-6-3)75-69(72)63-60-57-54-52-50-48-45-25-23-21-19-17-14-11-8-5-2/h7,10,16,18,22,24,27-28,30-31,33-34,36-37,39-40,42-43,66H,4-6,8-9,11-15,17,19-21,23,25-26,29,32,35,38,41,44-65H2,1-3H3/b10-7-,18-16-,24-22-,28-27-,31-30-,34-33-,37-36-,40-39-,43-42-. The topological polar surface area (TPSA) is 78.9 Å². The summed E-state index contributed by atoms with van der Waals surface area (Å²) in [5.74, 6) is -0.893.